The summed E-state index contributed by atoms with van der Waals surface area (Å²) in [7, 11) is 1.31. The number of hydrogen-bond acceptors (Lipinski definition) is 5. The maximum Gasteiger partial charge on any atom is 0.338 e. The number of esters is 1. The van der Waals surface area contributed by atoms with Gasteiger partial charge in [0, 0.05) is 16.8 Å². The first-order chi connectivity index (χ1) is 14.9. The number of nitrogens with zero attached hydrogens (tertiary/aromatic N) is 1. The van der Waals surface area contributed by atoms with E-state index in [4.69, 9.17) is 32.7 Å². The van der Waals surface area contributed by atoms with E-state index in [2.05, 4.69) is 10.3 Å². The summed E-state index contributed by atoms with van der Waals surface area (Å²) in [6.45, 7) is 1.90. The topological polar surface area (TPSA) is 77.5 Å². The third kappa shape index (κ3) is 5.54. The van der Waals surface area contributed by atoms with Gasteiger partial charge in [0.1, 0.15) is 12.2 Å². The Morgan fingerprint density at radius 1 is 1.06 bits per heavy atom. The van der Waals surface area contributed by atoms with E-state index in [0.717, 1.165) is 5.56 Å². The van der Waals surface area contributed by atoms with Gasteiger partial charge in [0.2, 0.25) is 5.88 Å². The Labute approximate surface area is 190 Å². The van der Waals surface area contributed by atoms with Crippen molar-refractivity contribution in [3.63, 3.8) is 0 Å². The zero-order chi connectivity index (χ0) is 22.4. The zero-order valence-corrected chi connectivity index (χ0v) is 18.4. The summed E-state index contributed by atoms with van der Waals surface area (Å²) in [6, 6.07) is 15.1. The van der Waals surface area contributed by atoms with Gasteiger partial charge >= 0.3 is 5.97 Å². The van der Waals surface area contributed by atoms with Gasteiger partial charge in [-0.2, -0.15) is 0 Å². The Morgan fingerprint density at radius 3 is 2.52 bits per heavy atom. The SMILES string of the molecule is COC(=O)c1ccccc1[C@H](C)NC(=O)c1cc(Cl)cnc1OCc1ccccc1Cl. The van der Waals surface area contributed by atoms with Crippen molar-refractivity contribution in [3.05, 3.63) is 93.1 Å². The quantitative estimate of drug-likeness (QED) is 0.489. The predicted octanol–water partition coefficient (Wildman–Crippen LogP) is 5.25. The molecule has 0 spiro atoms. The molecular formula is C23H20Cl2N2O4. The van der Waals surface area contributed by atoms with E-state index in [1.165, 1.54) is 19.4 Å². The fourth-order valence-electron chi connectivity index (χ4n) is 2.99. The molecule has 0 radical (unpaired) electrons. The van der Waals surface area contributed by atoms with Crippen LogP contribution in [0.3, 0.4) is 0 Å². The summed E-state index contributed by atoms with van der Waals surface area (Å²) in [4.78, 5) is 29.2. The van der Waals surface area contributed by atoms with Gasteiger partial charge in [0.05, 0.1) is 23.7 Å². The lowest BCUT2D eigenvalue weighted by Gasteiger charge is -2.18. The van der Waals surface area contributed by atoms with E-state index in [1.54, 1.807) is 37.3 Å². The van der Waals surface area contributed by atoms with Crippen molar-refractivity contribution in [3.8, 4) is 5.88 Å². The number of benzene rings is 2. The average molecular weight is 459 g/mol. The number of halogens is 2. The molecule has 0 fully saturated rings. The van der Waals surface area contributed by atoms with E-state index in [0.29, 0.717) is 16.1 Å². The number of carbonyl (C=O) groups is 2. The van der Waals surface area contributed by atoms with Crippen LogP contribution in [0.4, 0.5) is 0 Å². The molecule has 1 N–H and O–H groups in total. The van der Waals surface area contributed by atoms with Gasteiger partial charge in [-0.05, 0) is 30.7 Å². The van der Waals surface area contributed by atoms with Gasteiger partial charge in [0.25, 0.3) is 5.91 Å². The number of nitrogens with one attached hydrogen (secondary N) is 1. The Balaban J connectivity index is 1.81. The van der Waals surface area contributed by atoms with Gasteiger partial charge in [-0.1, -0.05) is 59.6 Å². The molecule has 8 heteroatoms. The molecule has 31 heavy (non-hydrogen) atoms. The molecule has 3 rings (SSSR count). The fraction of sp³-hybridized carbons (Fsp3) is 0.174. The molecule has 0 aliphatic rings. The minimum Gasteiger partial charge on any atom is -0.472 e. The predicted molar refractivity (Wildman–Crippen MR) is 119 cm³/mol. The molecule has 0 unspecified atom stereocenters. The van der Waals surface area contributed by atoms with Crippen molar-refractivity contribution in [2.75, 3.05) is 7.11 Å². The Morgan fingerprint density at radius 2 is 1.77 bits per heavy atom. The highest BCUT2D eigenvalue weighted by atomic mass is 35.5. The third-order valence-electron chi connectivity index (χ3n) is 4.56. The maximum absolute atomic E-state index is 13.0. The Kier molecular flexibility index (Phi) is 7.50. The number of rotatable bonds is 7. The third-order valence-corrected chi connectivity index (χ3v) is 5.14. The minimum atomic E-state index is -0.488. The van der Waals surface area contributed by atoms with Crippen LogP contribution in [-0.2, 0) is 11.3 Å². The first kappa shape index (κ1) is 22.6. The van der Waals surface area contributed by atoms with Crippen LogP contribution in [0.5, 0.6) is 5.88 Å². The van der Waals surface area contributed by atoms with Crippen molar-refractivity contribution < 1.29 is 19.1 Å². The lowest BCUT2D eigenvalue weighted by atomic mass is 10.0. The fourth-order valence-corrected chi connectivity index (χ4v) is 3.34. The minimum absolute atomic E-state index is 0.121. The standard InChI is InChI=1S/C23H20Cl2N2O4/c1-14(17-8-4-5-9-18(17)23(29)30-2)27-21(28)19-11-16(24)12-26-22(19)31-13-15-7-3-6-10-20(15)25/h3-12,14H,13H2,1-2H3,(H,27,28)/t14-/m0/s1. The first-order valence-electron chi connectivity index (χ1n) is 9.40. The second-order valence-corrected chi connectivity index (χ2v) is 7.50. The molecule has 160 valence electrons. The van der Waals surface area contributed by atoms with Crippen LogP contribution in [0.1, 0.15) is 44.8 Å². The average Bonchev–Trinajstić information content (AvgIpc) is 2.78. The largest absolute Gasteiger partial charge is 0.472 e. The number of ether oxygens (including phenoxy) is 2. The summed E-state index contributed by atoms with van der Waals surface area (Å²) < 4.78 is 10.6. The van der Waals surface area contributed by atoms with Crippen molar-refractivity contribution >= 4 is 35.1 Å². The number of pyridine rings is 1. The van der Waals surface area contributed by atoms with Gasteiger partial charge in [-0.25, -0.2) is 9.78 Å². The summed E-state index contributed by atoms with van der Waals surface area (Å²) in [5, 5.41) is 3.70. The summed E-state index contributed by atoms with van der Waals surface area (Å²) in [5.41, 5.74) is 1.92. The van der Waals surface area contributed by atoms with Crippen LogP contribution in [0.2, 0.25) is 10.0 Å². The van der Waals surface area contributed by atoms with Crippen LogP contribution in [0.25, 0.3) is 0 Å². The van der Waals surface area contributed by atoms with Crippen LogP contribution in [-0.4, -0.2) is 24.0 Å². The molecular weight excluding hydrogens is 439 g/mol. The van der Waals surface area contributed by atoms with Crippen LogP contribution < -0.4 is 10.1 Å². The molecule has 0 saturated heterocycles. The Bertz CT molecular complexity index is 1100. The molecule has 0 bridgehead atoms. The van der Waals surface area contributed by atoms with Gasteiger partial charge < -0.3 is 14.8 Å². The van der Waals surface area contributed by atoms with E-state index < -0.39 is 17.9 Å². The molecule has 1 amide bonds. The molecule has 1 heterocycles. The number of hydrogen-bond donors (Lipinski definition) is 1. The maximum atomic E-state index is 13.0. The second kappa shape index (κ2) is 10.3. The van der Waals surface area contributed by atoms with Crippen molar-refractivity contribution in [2.45, 2.75) is 19.6 Å². The highest BCUT2D eigenvalue weighted by Gasteiger charge is 2.21. The molecule has 2 aromatic carbocycles. The Hall–Kier alpha value is -3.09. The summed E-state index contributed by atoms with van der Waals surface area (Å²) in [5.74, 6) is -0.809. The lowest BCUT2D eigenvalue weighted by Crippen LogP contribution is -2.28. The van der Waals surface area contributed by atoms with Gasteiger partial charge in [-0.3, -0.25) is 4.79 Å². The molecule has 0 saturated carbocycles. The van der Waals surface area contributed by atoms with E-state index in [-0.39, 0.29) is 23.1 Å². The molecule has 1 atom stereocenters. The second-order valence-electron chi connectivity index (χ2n) is 6.66. The first-order valence-corrected chi connectivity index (χ1v) is 10.2. The molecule has 0 aliphatic carbocycles. The van der Waals surface area contributed by atoms with Crippen LogP contribution in [0, 0.1) is 0 Å². The highest BCUT2D eigenvalue weighted by molar-refractivity contribution is 6.31. The number of carbonyl (C=O) groups excluding carboxylic acids is 2. The molecule has 6 nitrogen and oxygen atoms in total. The van der Waals surface area contributed by atoms with Crippen LogP contribution in [0.15, 0.2) is 60.8 Å². The zero-order valence-electron chi connectivity index (χ0n) is 16.9. The molecule has 3 aromatic rings. The summed E-state index contributed by atoms with van der Waals surface area (Å²) in [6.07, 6.45) is 1.40. The smallest absolute Gasteiger partial charge is 0.338 e. The lowest BCUT2D eigenvalue weighted by molar-refractivity contribution is 0.0597. The normalized spacial score (nSPS) is 11.5. The molecule has 0 aliphatic heterocycles. The molecule has 1 aromatic heterocycles. The van der Waals surface area contributed by atoms with Gasteiger partial charge in [0.15, 0.2) is 0 Å². The van der Waals surface area contributed by atoms with E-state index in [9.17, 15) is 9.59 Å². The van der Waals surface area contributed by atoms with E-state index >= 15 is 0 Å². The van der Waals surface area contributed by atoms with Crippen molar-refractivity contribution in [1.29, 1.82) is 0 Å². The van der Waals surface area contributed by atoms with Crippen molar-refractivity contribution in [1.82, 2.24) is 10.3 Å². The number of methoxy groups -OCH3 is 1. The highest BCUT2D eigenvalue weighted by Crippen LogP contribution is 2.24. The number of amides is 1. The van der Waals surface area contributed by atoms with Crippen molar-refractivity contribution in [2.24, 2.45) is 0 Å². The van der Waals surface area contributed by atoms with Crippen LogP contribution >= 0.6 is 23.2 Å². The number of aromatic nitrogens is 1. The van der Waals surface area contributed by atoms with Gasteiger partial charge in [-0.15, -0.1) is 0 Å². The van der Waals surface area contributed by atoms with E-state index in [1.807, 2.05) is 18.2 Å². The summed E-state index contributed by atoms with van der Waals surface area (Å²) >= 11 is 12.2. The monoisotopic (exact) mass is 458 g/mol.